The molecule has 0 fully saturated rings. The van der Waals surface area contributed by atoms with Crippen LogP contribution in [-0.2, 0) is 43.9 Å². The Morgan fingerprint density at radius 1 is 1.43 bits per heavy atom. The van der Waals surface area contributed by atoms with Gasteiger partial charge in [0.15, 0.2) is 0 Å². The molecule has 0 aliphatic carbocycles. The summed E-state index contributed by atoms with van der Waals surface area (Å²) in [5, 5.41) is 0. The van der Waals surface area contributed by atoms with Crippen LogP contribution >= 0.6 is 5.69 Å². The number of rotatable bonds is 5. The van der Waals surface area contributed by atoms with Crippen LogP contribution < -0.4 is 9.79 Å². The van der Waals surface area contributed by atoms with Crippen LogP contribution in [0.3, 0.4) is 0 Å². The van der Waals surface area contributed by atoms with E-state index < -0.39 is 5.69 Å². The maximum Gasteiger partial charge on any atom is -0.160 e. The molecule has 0 radical (unpaired) electrons. The van der Waals surface area contributed by atoms with Crippen molar-refractivity contribution < 1.29 is 29.6 Å². The van der Waals surface area contributed by atoms with Crippen molar-refractivity contribution in [3.8, 4) is 0 Å². The molecule has 0 bridgehead atoms. The van der Waals surface area contributed by atoms with Crippen LogP contribution in [0.2, 0.25) is 4.81 Å². The van der Waals surface area contributed by atoms with Crippen LogP contribution in [-0.4, -0.2) is 0 Å². The van der Waals surface area contributed by atoms with E-state index in [1.54, 1.807) is 0 Å². The minimum Gasteiger partial charge on any atom is -0.850 e. The van der Waals surface area contributed by atoms with Crippen molar-refractivity contribution in [1.82, 2.24) is 0 Å². The van der Waals surface area contributed by atoms with Crippen LogP contribution in [0, 0.1) is 5.92 Å². The Hall–Kier alpha value is 1.61. The molecule has 0 saturated carbocycles. The van der Waals surface area contributed by atoms with Gasteiger partial charge in [0.2, 0.25) is 0 Å². The molecule has 0 aliphatic heterocycles. The molecule has 0 aromatic rings. The fourth-order valence-corrected chi connectivity index (χ4v) is 1.89. The molecule has 2 nitrogen and oxygen atoms in total. The van der Waals surface area contributed by atoms with Gasteiger partial charge in [0, 0.05) is 0 Å². The van der Waals surface area contributed by atoms with Gasteiger partial charge >= 0.3 is 70.1 Å². The average Bonchev–Trinajstić information content (AvgIpc) is 2.04. The number of hydrogen-bond acceptors (Lipinski definition) is 4. The van der Waals surface area contributed by atoms with Gasteiger partial charge in [0.25, 0.3) is 0 Å². The fourth-order valence-electron chi connectivity index (χ4n) is 0.898. The Balaban J connectivity index is 0. The molecular formula is C8H17MoO2PS2. The van der Waals surface area contributed by atoms with Gasteiger partial charge in [-0.3, -0.25) is 0 Å². The van der Waals surface area contributed by atoms with E-state index in [2.05, 4.69) is 57.7 Å². The van der Waals surface area contributed by atoms with Crippen molar-refractivity contribution in [2.24, 2.45) is 5.92 Å². The standard InChI is InChI=1S/C8H17.Mo.H3O2PS2/c1-4-6-7-8(3)5-2;;1-3(2,4)5/h8H,3-7H2,1-2H3;;(H3,1,2,4,5)/q;+3;/p-3. The van der Waals surface area contributed by atoms with Gasteiger partial charge in [-0.1, -0.05) is 0 Å². The van der Waals surface area contributed by atoms with Crippen molar-refractivity contribution in [2.45, 2.75) is 44.3 Å². The minimum atomic E-state index is -3.72. The second kappa shape index (κ2) is 11.1. The van der Waals surface area contributed by atoms with Gasteiger partial charge < -0.3 is 27.7 Å². The summed E-state index contributed by atoms with van der Waals surface area (Å²) in [5.41, 5.74) is -3.72. The quantitative estimate of drug-likeness (QED) is 0.435. The molecule has 84 valence electrons. The summed E-state index contributed by atoms with van der Waals surface area (Å²) >= 11 is 9.51. The smallest absolute Gasteiger partial charge is 0.160 e. The maximum atomic E-state index is 9.29. The topological polar surface area (TPSA) is 46.1 Å². The Morgan fingerprint density at radius 2 is 1.86 bits per heavy atom. The summed E-state index contributed by atoms with van der Waals surface area (Å²) in [6.07, 6.45) is 5.61. The van der Waals surface area contributed by atoms with E-state index in [9.17, 15) is 9.79 Å². The van der Waals surface area contributed by atoms with E-state index in [1.165, 1.54) is 30.5 Å². The Kier molecular flexibility index (Phi) is 14.3. The second-order valence-electron chi connectivity index (χ2n) is 3.03. The zero-order valence-electron chi connectivity index (χ0n) is 8.60. The summed E-state index contributed by atoms with van der Waals surface area (Å²) in [6, 6.07) is 0. The normalized spacial score (nSPS) is 12.9. The molecule has 14 heavy (non-hydrogen) atoms. The predicted molar refractivity (Wildman–Crippen MR) is 59.8 cm³/mol. The van der Waals surface area contributed by atoms with Gasteiger partial charge in [0.1, 0.15) is 0 Å². The summed E-state index contributed by atoms with van der Waals surface area (Å²) in [6.45, 7) is 4.56. The molecule has 0 aromatic carbocycles. The van der Waals surface area contributed by atoms with Gasteiger partial charge in [-0.25, -0.2) is 0 Å². The van der Waals surface area contributed by atoms with Gasteiger partial charge in [-0.2, -0.15) is 11.8 Å². The molecular weight excluding hydrogens is 319 g/mol. The van der Waals surface area contributed by atoms with Crippen LogP contribution in [0.4, 0.5) is 0 Å². The van der Waals surface area contributed by atoms with Gasteiger partial charge in [-0.15, -0.1) is 0 Å². The minimum absolute atomic E-state index is 1.01. The van der Waals surface area contributed by atoms with Crippen LogP contribution in [0.25, 0.3) is 0 Å². The van der Waals surface area contributed by atoms with E-state index in [0.717, 1.165) is 5.92 Å². The van der Waals surface area contributed by atoms with Crippen molar-refractivity contribution >= 4 is 29.7 Å². The third kappa shape index (κ3) is 23.4. The first kappa shape index (κ1) is 18.0. The van der Waals surface area contributed by atoms with E-state index in [0.29, 0.717) is 0 Å². The number of hydrogen-bond donors (Lipinski definition) is 0. The van der Waals surface area contributed by atoms with Crippen molar-refractivity contribution in [2.75, 3.05) is 0 Å². The first-order valence-electron chi connectivity index (χ1n) is 4.66. The second-order valence-corrected chi connectivity index (χ2v) is 8.32. The largest absolute Gasteiger partial charge is 0.850 e. The number of unbranched alkanes of at least 4 members (excludes halogenated alkanes) is 1. The Labute approximate surface area is 109 Å². The van der Waals surface area contributed by atoms with E-state index >= 15 is 0 Å². The third-order valence-corrected chi connectivity index (χ3v) is 2.94. The molecule has 0 aliphatic rings. The van der Waals surface area contributed by atoms with E-state index in [-0.39, 0.29) is 0 Å². The molecule has 6 heteroatoms. The average molecular weight is 336 g/mol. The summed E-state index contributed by atoms with van der Waals surface area (Å²) in [5.74, 6) is 1.01. The van der Waals surface area contributed by atoms with Crippen LogP contribution in [0.1, 0.15) is 39.5 Å². The molecule has 0 saturated heterocycles. The maximum absolute atomic E-state index is 9.29. The molecule has 0 heterocycles. The van der Waals surface area contributed by atoms with Crippen molar-refractivity contribution in [1.29, 1.82) is 0 Å². The van der Waals surface area contributed by atoms with Gasteiger partial charge in [-0.05, 0) is 0 Å². The summed E-state index contributed by atoms with van der Waals surface area (Å²) in [4.78, 5) is 20.0. The molecule has 0 rings (SSSR count). The van der Waals surface area contributed by atoms with Crippen molar-refractivity contribution in [3.63, 3.8) is 0 Å². The van der Waals surface area contributed by atoms with Crippen molar-refractivity contribution in [3.05, 3.63) is 0 Å². The monoisotopic (exact) mass is 338 g/mol. The first-order valence-corrected chi connectivity index (χ1v) is 9.73. The Bertz CT molecular complexity index is 151. The summed E-state index contributed by atoms with van der Waals surface area (Å²) < 4.78 is 0. The fraction of sp³-hybridized carbons (Fsp3) is 1.00. The molecule has 0 N–H and O–H groups in total. The zero-order valence-corrected chi connectivity index (χ0v) is 13.1. The predicted octanol–water partition coefficient (Wildman–Crippen LogP) is 1.65. The third-order valence-electron chi connectivity index (χ3n) is 1.78. The van der Waals surface area contributed by atoms with Crippen LogP contribution in [0.5, 0.6) is 0 Å². The summed E-state index contributed by atoms with van der Waals surface area (Å²) in [7, 11) is 0. The SMILES string of the molecule is CCCCC(CC)[CH2][Mo+3].[O-]P([O-])(=S)[S-]. The molecule has 0 amide bonds. The molecule has 1 unspecified atom stereocenters. The van der Waals surface area contributed by atoms with E-state index in [4.69, 9.17) is 0 Å². The first-order chi connectivity index (χ1) is 6.35. The Morgan fingerprint density at radius 3 is 2.07 bits per heavy atom. The zero-order chi connectivity index (χ0) is 11.6. The molecule has 0 spiro atoms. The van der Waals surface area contributed by atoms with Gasteiger partial charge in [0.05, 0.1) is 0 Å². The molecule has 0 aromatic heterocycles. The molecule has 1 atom stereocenters. The van der Waals surface area contributed by atoms with E-state index in [1.807, 2.05) is 0 Å². The van der Waals surface area contributed by atoms with Crippen LogP contribution in [0.15, 0.2) is 0 Å².